The summed E-state index contributed by atoms with van der Waals surface area (Å²) in [5.41, 5.74) is 0.570. The molecule has 1 aromatic rings. The van der Waals surface area contributed by atoms with Crippen LogP contribution in [0, 0.1) is 23.5 Å². The van der Waals surface area contributed by atoms with E-state index in [1.807, 2.05) is 0 Å². The summed E-state index contributed by atoms with van der Waals surface area (Å²) < 4.78 is 26.0. The van der Waals surface area contributed by atoms with Gasteiger partial charge in [-0.1, -0.05) is 28.9 Å². The Hall–Kier alpha value is -0.440. The van der Waals surface area contributed by atoms with E-state index in [1.165, 1.54) is 12.1 Å². The summed E-state index contributed by atoms with van der Waals surface area (Å²) in [7, 11) is 0. The molecule has 3 heteroatoms. The van der Waals surface area contributed by atoms with Crippen molar-refractivity contribution in [2.75, 3.05) is 0 Å². The molecule has 3 unspecified atom stereocenters. The molecule has 0 aliphatic heterocycles. The van der Waals surface area contributed by atoms with Crippen LogP contribution in [0.3, 0.4) is 0 Å². The Morgan fingerprint density at radius 1 is 1.43 bits per heavy atom. The van der Waals surface area contributed by atoms with Crippen molar-refractivity contribution in [3.8, 4) is 0 Å². The third kappa shape index (κ3) is 1.83. The largest absolute Gasteiger partial charge is 0.207 e. The van der Waals surface area contributed by atoms with Gasteiger partial charge in [0.1, 0.15) is 11.6 Å². The van der Waals surface area contributed by atoms with Crippen molar-refractivity contribution >= 4 is 15.9 Å². The highest BCUT2D eigenvalue weighted by atomic mass is 79.9. The fraction of sp³-hybridized carbons (Fsp3) is 0.455. The summed E-state index contributed by atoms with van der Waals surface area (Å²) in [6.45, 7) is 2.14. The maximum Gasteiger partial charge on any atom is 0.130 e. The molecule has 1 fully saturated rings. The molecule has 1 aromatic carbocycles. The topological polar surface area (TPSA) is 0 Å². The lowest BCUT2D eigenvalue weighted by molar-refractivity contribution is 0.564. The minimum Gasteiger partial charge on any atom is -0.207 e. The third-order valence-corrected chi connectivity index (χ3v) is 3.98. The SMILES string of the molecule is CC1CC1C(Br)c1ccc(F)cc1F. The van der Waals surface area contributed by atoms with Gasteiger partial charge >= 0.3 is 0 Å². The quantitative estimate of drug-likeness (QED) is 0.704. The molecular weight excluding hydrogens is 250 g/mol. The van der Waals surface area contributed by atoms with Crippen molar-refractivity contribution in [2.24, 2.45) is 11.8 Å². The fourth-order valence-corrected chi connectivity index (χ4v) is 2.82. The molecule has 0 spiro atoms. The van der Waals surface area contributed by atoms with Crippen molar-refractivity contribution in [2.45, 2.75) is 18.2 Å². The fourth-order valence-electron chi connectivity index (χ4n) is 1.71. The number of hydrogen-bond donors (Lipinski definition) is 0. The molecule has 0 radical (unpaired) electrons. The Kier molecular flexibility index (Phi) is 2.60. The molecule has 1 aliphatic carbocycles. The maximum absolute atomic E-state index is 13.3. The minimum atomic E-state index is -0.519. The van der Waals surface area contributed by atoms with Crippen LogP contribution in [0.4, 0.5) is 8.78 Å². The molecule has 0 amide bonds. The van der Waals surface area contributed by atoms with Crippen molar-refractivity contribution in [1.29, 1.82) is 0 Å². The van der Waals surface area contributed by atoms with Crippen LogP contribution in [0.2, 0.25) is 0 Å². The van der Waals surface area contributed by atoms with Crippen LogP contribution in [0.15, 0.2) is 18.2 Å². The zero-order valence-electron chi connectivity index (χ0n) is 7.81. The Morgan fingerprint density at radius 2 is 2.07 bits per heavy atom. The first-order valence-electron chi connectivity index (χ1n) is 4.68. The van der Waals surface area contributed by atoms with Gasteiger partial charge in [0, 0.05) is 16.5 Å². The minimum absolute atomic E-state index is 0.0260. The first kappa shape index (κ1) is 10.1. The van der Waals surface area contributed by atoms with Gasteiger partial charge in [0.15, 0.2) is 0 Å². The van der Waals surface area contributed by atoms with Crippen molar-refractivity contribution in [3.63, 3.8) is 0 Å². The zero-order valence-corrected chi connectivity index (χ0v) is 9.39. The number of rotatable bonds is 2. The van der Waals surface area contributed by atoms with E-state index in [0.29, 0.717) is 17.4 Å². The van der Waals surface area contributed by atoms with Gasteiger partial charge in [-0.3, -0.25) is 0 Å². The van der Waals surface area contributed by atoms with E-state index in [4.69, 9.17) is 0 Å². The van der Waals surface area contributed by atoms with Gasteiger partial charge < -0.3 is 0 Å². The molecule has 76 valence electrons. The van der Waals surface area contributed by atoms with E-state index < -0.39 is 11.6 Å². The van der Waals surface area contributed by atoms with Gasteiger partial charge in [-0.25, -0.2) is 8.78 Å². The second-order valence-corrected chi connectivity index (χ2v) is 4.93. The Labute approximate surface area is 90.4 Å². The Balaban J connectivity index is 2.23. The number of hydrogen-bond acceptors (Lipinski definition) is 0. The van der Waals surface area contributed by atoms with Crippen LogP contribution in [0.1, 0.15) is 23.7 Å². The molecule has 0 aromatic heterocycles. The molecule has 3 atom stereocenters. The molecule has 0 heterocycles. The Bertz CT molecular complexity index is 351. The molecule has 0 bridgehead atoms. The van der Waals surface area contributed by atoms with Crippen LogP contribution in [0.5, 0.6) is 0 Å². The predicted molar refractivity (Wildman–Crippen MR) is 55.3 cm³/mol. The van der Waals surface area contributed by atoms with E-state index in [2.05, 4.69) is 22.9 Å². The second kappa shape index (κ2) is 3.61. The average molecular weight is 261 g/mol. The predicted octanol–water partition coefficient (Wildman–Crippen LogP) is 4.06. The lowest BCUT2D eigenvalue weighted by Crippen LogP contribution is -1.98. The van der Waals surface area contributed by atoms with E-state index in [9.17, 15) is 8.78 Å². The molecule has 0 nitrogen and oxygen atoms in total. The molecule has 0 N–H and O–H groups in total. The van der Waals surface area contributed by atoms with Gasteiger partial charge in [-0.05, 0) is 24.3 Å². The van der Waals surface area contributed by atoms with Crippen molar-refractivity contribution in [1.82, 2.24) is 0 Å². The first-order chi connectivity index (χ1) is 6.59. The number of halogens is 3. The van der Waals surface area contributed by atoms with Crippen molar-refractivity contribution in [3.05, 3.63) is 35.4 Å². The van der Waals surface area contributed by atoms with Crippen LogP contribution < -0.4 is 0 Å². The first-order valence-corrected chi connectivity index (χ1v) is 5.60. The smallest absolute Gasteiger partial charge is 0.130 e. The van der Waals surface area contributed by atoms with Crippen molar-refractivity contribution < 1.29 is 8.78 Å². The summed E-state index contributed by atoms with van der Waals surface area (Å²) in [4.78, 5) is 0.0260. The Morgan fingerprint density at radius 3 is 2.57 bits per heavy atom. The lowest BCUT2D eigenvalue weighted by Gasteiger charge is -2.10. The van der Waals surface area contributed by atoms with E-state index in [-0.39, 0.29) is 4.83 Å². The molecule has 1 aliphatic rings. The molecule has 0 saturated heterocycles. The monoisotopic (exact) mass is 260 g/mol. The molecule has 14 heavy (non-hydrogen) atoms. The van der Waals surface area contributed by atoms with Gasteiger partial charge in [0.25, 0.3) is 0 Å². The summed E-state index contributed by atoms with van der Waals surface area (Å²) in [6, 6.07) is 3.77. The second-order valence-electron chi connectivity index (χ2n) is 3.94. The molecular formula is C11H11BrF2. The molecule has 1 saturated carbocycles. The van der Waals surface area contributed by atoms with Gasteiger partial charge in [0.05, 0.1) is 0 Å². The normalized spacial score (nSPS) is 27.4. The van der Waals surface area contributed by atoms with E-state index in [0.717, 1.165) is 12.5 Å². The summed E-state index contributed by atoms with van der Waals surface area (Å²) in [6.07, 6.45) is 1.12. The summed E-state index contributed by atoms with van der Waals surface area (Å²) in [5.74, 6) is 0.166. The van der Waals surface area contributed by atoms with Crippen LogP contribution >= 0.6 is 15.9 Å². The highest BCUT2D eigenvalue weighted by molar-refractivity contribution is 9.09. The van der Waals surface area contributed by atoms with Gasteiger partial charge in [0.2, 0.25) is 0 Å². The highest BCUT2D eigenvalue weighted by Gasteiger charge is 2.39. The number of alkyl halides is 1. The standard InChI is InChI=1S/C11H11BrF2/c1-6-4-9(6)11(12)8-3-2-7(13)5-10(8)14/h2-3,5-6,9,11H,4H2,1H3. The van der Waals surface area contributed by atoms with Crippen LogP contribution in [0.25, 0.3) is 0 Å². The van der Waals surface area contributed by atoms with E-state index in [1.54, 1.807) is 0 Å². The average Bonchev–Trinajstić information content (AvgIpc) is 2.81. The van der Waals surface area contributed by atoms with Crippen LogP contribution in [-0.4, -0.2) is 0 Å². The third-order valence-electron chi connectivity index (χ3n) is 2.81. The lowest BCUT2D eigenvalue weighted by atomic mass is 10.1. The summed E-state index contributed by atoms with van der Waals surface area (Å²) >= 11 is 3.47. The maximum atomic E-state index is 13.3. The van der Waals surface area contributed by atoms with E-state index >= 15 is 0 Å². The zero-order chi connectivity index (χ0) is 10.3. The number of benzene rings is 1. The molecule has 2 rings (SSSR count). The van der Waals surface area contributed by atoms with Crippen LogP contribution in [-0.2, 0) is 0 Å². The van der Waals surface area contributed by atoms with Gasteiger partial charge in [-0.2, -0.15) is 0 Å². The highest BCUT2D eigenvalue weighted by Crippen LogP contribution is 2.51. The van der Waals surface area contributed by atoms with Gasteiger partial charge in [-0.15, -0.1) is 0 Å². The summed E-state index contributed by atoms with van der Waals surface area (Å²) in [5, 5.41) is 0.